The lowest BCUT2D eigenvalue weighted by molar-refractivity contribution is 0.583. The average molecular weight is 203 g/mol. The minimum atomic E-state index is 0.501. The first-order valence-corrected chi connectivity index (χ1v) is 5.25. The molecule has 0 bridgehead atoms. The maximum Gasteiger partial charge on any atom is 0.0457 e. The third kappa shape index (κ3) is 2.30. The van der Waals surface area contributed by atoms with E-state index < -0.39 is 0 Å². The number of benzene rings is 1. The standard InChI is InChI=1S/C12H17N3/c1-8(2)14-7-11-6-9-5-10(13)3-4-12(9)15-11/h3-6,8,14-15H,7,13H2,1-2H3. The second kappa shape index (κ2) is 3.95. The molecule has 0 unspecified atom stereocenters. The van der Waals surface area contributed by atoms with E-state index in [9.17, 15) is 0 Å². The molecule has 1 heterocycles. The summed E-state index contributed by atoms with van der Waals surface area (Å²) in [5, 5.41) is 4.55. The zero-order chi connectivity index (χ0) is 10.8. The Morgan fingerprint density at radius 2 is 2.13 bits per heavy atom. The Bertz CT molecular complexity index is 457. The summed E-state index contributed by atoms with van der Waals surface area (Å²) in [6.45, 7) is 5.15. The van der Waals surface area contributed by atoms with E-state index in [-0.39, 0.29) is 0 Å². The van der Waals surface area contributed by atoms with Gasteiger partial charge in [-0.3, -0.25) is 0 Å². The molecule has 0 spiro atoms. The lowest BCUT2D eigenvalue weighted by Crippen LogP contribution is -2.21. The van der Waals surface area contributed by atoms with Crippen LogP contribution in [0.1, 0.15) is 19.5 Å². The van der Waals surface area contributed by atoms with Crippen LogP contribution in [0, 0.1) is 0 Å². The van der Waals surface area contributed by atoms with Crippen LogP contribution in [0.3, 0.4) is 0 Å². The monoisotopic (exact) mass is 203 g/mol. The molecule has 3 nitrogen and oxygen atoms in total. The summed E-state index contributed by atoms with van der Waals surface area (Å²) in [5.41, 5.74) is 8.88. The van der Waals surface area contributed by atoms with Gasteiger partial charge in [0.2, 0.25) is 0 Å². The van der Waals surface area contributed by atoms with Crippen molar-refractivity contribution in [2.45, 2.75) is 26.4 Å². The van der Waals surface area contributed by atoms with Crippen LogP contribution >= 0.6 is 0 Å². The Kier molecular flexibility index (Phi) is 2.64. The Morgan fingerprint density at radius 1 is 1.33 bits per heavy atom. The maximum atomic E-state index is 5.73. The van der Waals surface area contributed by atoms with Crippen molar-refractivity contribution in [2.75, 3.05) is 5.73 Å². The molecule has 0 atom stereocenters. The highest BCUT2D eigenvalue weighted by molar-refractivity contribution is 5.83. The van der Waals surface area contributed by atoms with Gasteiger partial charge in [-0.15, -0.1) is 0 Å². The fraction of sp³-hybridized carbons (Fsp3) is 0.333. The molecule has 4 N–H and O–H groups in total. The first-order valence-electron chi connectivity index (χ1n) is 5.25. The molecular formula is C12H17N3. The largest absolute Gasteiger partial charge is 0.399 e. The fourth-order valence-electron chi connectivity index (χ4n) is 1.62. The zero-order valence-corrected chi connectivity index (χ0v) is 9.17. The topological polar surface area (TPSA) is 53.8 Å². The van der Waals surface area contributed by atoms with Crippen molar-refractivity contribution in [3.63, 3.8) is 0 Å². The number of H-pyrrole nitrogens is 1. The van der Waals surface area contributed by atoms with Crippen LogP contribution in [0.25, 0.3) is 10.9 Å². The minimum absolute atomic E-state index is 0.501. The molecular weight excluding hydrogens is 186 g/mol. The van der Waals surface area contributed by atoms with Crippen LogP contribution in [0.15, 0.2) is 24.3 Å². The van der Waals surface area contributed by atoms with E-state index in [1.165, 1.54) is 11.1 Å². The quantitative estimate of drug-likeness (QED) is 0.670. The van der Waals surface area contributed by atoms with Gasteiger partial charge in [-0.1, -0.05) is 13.8 Å². The number of nitrogens with two attached hydrogens (primary N) is 1. The number of anilines is 1. The van der Waals surface area contributed by atoms with Crippen LogP contribution in [-0.4, -0.2) is 11.0 Å². The van der Waals surface area contributed by atoms with Crippen molar-refractivity contribution in [3.05, 3.63) is 30.0 Å². The molecule has 2 aromatic rings. The number of fused-ring (bicyclic) bond motifs is 1. The molecule has 15 heavy (non-hydrogen) atoms. The molecule has 0 aliphatic carbocycles. The Labute approximate surface area is 89.7 Å². The van der Waals surface area contributed by atoms with E-state index in [0.29, 0.717) is 6.04 Å². The van der Waals surface area contributed by atoms with Gasteiger partial charge < -0.3 is 16.0 Å². The van der Waals surface area contributed by atoms with Crippen LogP contribution in [0.2, 0.25) is 0 Å². The highest BCUT2D eigenvalue weighted by Crippen LogP contribution is 2.18. The van der Waals surface area contributed by atoms with Crippen LogP contribution < -0.4 is 11.1 Å². The summed E-state index contributed by atoms with van der Waals surface area (Å²) < 4.78 is 0. The zero-order valence-electron chi connectivity index (χ0n) is 9.17. The molecule has 1 aromatic carbocycles. The lowest BCUT2D eigenvalue weighted by atomic mass is 10.2. The summed E-state index contributed by atoms with van der Waals surface area (Å²) in [5.74, 6) is 0. The van der Waals surface area contributed by atoms with E-state index in [1.807, 2.05) is 18.2 Å². The summed E-state index contributed by atoms with van der Waals surface area (Å²) in [6, 6.07) is 8.56. The molecule has 3 heteroatoms. The van der Waals surface area contributed by atoms with Gasteiger partial charge in [0.15, 0.2) is 0 Å². The molecule has 0 saturated heterocycles. The predicted octanol–water partition coefficient (Wildman–Crippen LogP) is 2.25. The van der Waals surface area contributed by atoms with Crippen LogP contribution in [-0.2, 0) is 6.54 Å². The summed E-state index contributed by atoms with van der Waals surface area (Å²) in [7, 11) is 0. The Morgan fingerprint density at radius 3 is 2.87 bits per heavy atom. The van der Waals surface area contributed by atoms with E-state index in [2.05, 4.69) is 30.2 Å². The number of nitrogens with one attached hydrogen (secondary N) is 2. The van der Waals surface area contributed by atoms with Crippen molar-refractivity contribution in [2.24, 2.45) is 0 Å². The van der Waals surface area contributed by atoms with E-state index in [1.54, 1.807) is 0 Å². The highest BCUT2D eigenvalue weighted by Gasteiger charge is 2.01. The smallest absolute Gasteiger partial charge is 0.0457 e. The third-order valence-corrected chi connectivity index (χ3v) is 2.40. The van der Waals surface area contributed by atoms with Crippen molar-refractivity contribution >= 4 is 16.6 Å². The number of aromatic amines is 1. The van der Waals surface area contributed by atoms with Gasteiger partial charge in [-0.2, -0.15) is 0 Å². The summed E-state index contributed by atoms with van der Waals surface area (Å²) in [4.78, 5) is 3.36. The summed E-state index contributed by atoms with van der Waals surface area (Å²) >= 11 is 0. The molecule has 0 amide bonds. The minimum Gasteiger partial charge on any atom is -0.399 e. The number of hydrogen-bond acceptors (Lipinski definition) is 2. The van der Waals surface area contributed by atoms with E-state index in [0.717, 1.165) is 17.7 Å². The van der Waals surface area contributed by atoms with Gasteiger partial charge in [-0.25, -0.2) is 0 Å². The van der Waals surface area contributed by atoms with Crippen LogP contribution in [0.4, 0.5) is 5.69 Å². The number of aromatic nitrogens is 1. The average Bonchev–Trinajstić information content (AvgIpc) is 2.56. The normalized spacial score (nSPS) is 11.4. The first kappa shape index (κ1) is 10.1. The number of hydrogen-bond donors (Lipinski definition) is 3. The van der Waals surface area contributed by atoms with Gasteiger partial charge in [0, 0.05) is 34.9 Å². The maximum absolute atomic E-state index is 5.73. The molecule has 1 aromatic heterocycles. The Hall–Kier alpha value is -1.48. The molecule has 0 fully saturated rings. The second-order valence-electron chi connectivity index (χ2n) is 4.18. The molecule has 0 aliphatic heterocycles. The van der Waals surface area contributed by atoms with Crippen molar-refractivity contribution < 1.29 is 0 Å². The molecule has 0 radical (unpaired) electrons. The van der Waals surface area contributed by atoms with Gasteiger partial charge >= 0.3 is 0 Å². The molecule has 0 saturated carbocycles. The predicted molar refractivity (Wildman–Crippen MR) is 64.7 cm³/mol. The lowest BCUT2D eigenvalue weighted by Gasteiger charge is -2.05. The summed E-state index contributed by atoms with van der Waals surface area (Å²) in [6.07, 6.45) is 0. The van der Waals surface area contributed by atoms with Gasteiger partial charge in [-0.05, 0) is 24.3 Å². The van der Waals surface area contributed by atoms with E-state index >= 15 is 0 Å². The first-order chi connectivity index (χ1) is 7.15. The molecule has 0 aliphatic rings. The number of rotatable bonds is 3. The van der Waals surface area contributed by atoms with Crippen molar-refractivity contribution in [3.8, 4) is 0 Å². The van der Waals surface area contributed by atoms with E-state index in [4.69, 9.17) is 5.73 Å². The molecule has 2 rings (SSSR count). The number of nitrogen functional groups attached to an aromatic ring is 1. The Balaban J connectivity index is 2.23. The van der Waals surface area contributed by atoms with Gasteiger partial charge in [0.25, 0.3) is 0 Å². The third-order valence-electron chi connectivity index (χ3n) is 2.40. The highest BCUT2D eigenvalue weighted by atomic mass is 14.9. The SMILES string of the molecule is CC(C)NCc1cc2cc(N)ccc2[nH]1. The van der Waals surface area contributed by atoms with Gasteiger partial charge in [0.1, 0.15) is 0 Å². The fourth-order valence-corrected chi connectivity index (χ4v) is 1.62. The second-order valence-corrected chi connectivity index (χ2v) is 4.18. The van der Waals surface area contributed by atoms with Crippen molar-refractivity contribution in [1.82, 2.24) is 10.3 Å². The van der Waals surface area contributed by atoms with Gasteiger partial charge in [0.05, 0.1) is 0 Å². The van der Waals surface area contributed by atoms with Crippen LogP contribution in [0.5, 0.6) is 0 Å². The van der Waals surface area contributed by atoms with Crippen molar-refractivity contribution in [1.29, 1.82) is 0 Å². The molecule has 80 valence electrons.